The van der Waals surface area contributed by atoms with E-state index in [0.29, 0.717) is 35.6 Å². The zero-order valence-corrected chi connectivity index (χ0v) is 15.5. The van der Waals surface area contributed by atoms with Crippen molar-refractivity contribution in [2.75, 3.05) is 25.0 Å². The average molecular weight is 393 g/mol. The Bertz CT molecular complexity index is 844. The lowest BCUT2D eigenvalue weighted by molar-refractivity contribution is 0.0728. The molecule has 1 aliphatic heterocycles. The van der Waals surface area contributed by atoms with Crippen molar-refractivity contribution in [3.8, 4) is 0 Å². The smallest absolute Gasteiger partial charge is 0.273 e. The van der Waals surface area contributed by atoms with Gasteiger partial charge in [-0.2, -0.15) is 0 Å². The standard InChI is InChI=1S/C19H21F2N3O2S/c20-14-4-1-3-13(17(14)21)16-5-2-6-24(16)18(26)15-10-27-19(23-15)22-8-11-7-12(11)9-25/h1,3-4,10-12,16,25H,2,5-9H2,(H,22,23)/t11-,12+,16?/m1/s1. The Morgan fingerprint density at radius 3 is 3.00 bits per heavy atom. The van der Waals surface area contributed by atoms with Gasteiger partial charge in [-0.3, -0.25) is 4.79 Å². The number of rotatable bonds is 6. The molecule has 4 rings (SSSR count). The number of anilines is 1. The Hall–Kier alpha value is -2.06. The van der Waals surface area contributed by atoms with Crippen LogP contribution in [0.25, 0.3) is 0 Å². The summed E-state index contributed by atoms with van der Waals surface area (Å²) in [4.78, 5) is 18.8. The first-order chi connectivity index (χ1) is 13.1. The maximum Gasteiger partial charge on any atom is 0.273 e. The fourth-order valence-electron chi connectivity index (χ4n) is 3.71. The van der Waals surface area contributed by atoms with Crippen molar-refractivity contribution in [2.24, 2.45) is 11.8 Å². The molecule has 1 saturated carbocycles. The van der Waals surface area contributed by atoms with Crippen LogP contribution in [-0.4, -0.2) is 40.6 Å². The van der Waals surface area contributed by atoms with Crippen LogP contribution >= 0.6 is 11.3 Å². The molecule has 1 saturated heterocycles. The lowest BCUT2D eigenvalue weighted by Crippen LogP contribution is -2.31. The maximum atomic E-state index is 14.2. The predicted molar refractivity (Wildman–Crippen MR) is 98.7 cm³/mol. The summed E-state index contributed by atoms with van der Waals surface area (Å²) in [7, 11) is 0. The van der Waals surface area contributed by atoms with Crippen LogP contribution in [0.1, 0.15) is 41.4 Å². The normalized spacial score (nSPS) is 24.3. The van der Waals surface area contributed by atoms with Gasteiger partial charge >= 0.3 is 0 Å². The van der Waals surface area contributed by atoms with Crippen LogP contribution in [0, 0.1) is 23.5 Å². The van der Waals surface area contributed by atoms with Gasteiger partial charge in [-0.15, -0.1) is 11.3 Å². The van der Waals surface area contributed by atoms with Gasteiger partial charge in [-0.05, 0) is 37.2 Å². The molecule has 0 spiro atoms. The highest BCUT2D eigenvalue weighted by Gasteiger charge is 2.36. The molecule has 0 bridgehead atoms. The summed E-state index contributed by atoms with van der Waals surface area (Å²) < 4.78 is 27.8. The van der Waals surface area contributed by atoms with E-state index in [1.54, 1.807) is 10.3 Å². The minimum absolute atomic E-state index is 0.209. The van der Waals surface area contributed by atoms with Gasteiger partial charge in [0.1, 0.15) is 5.69 Å². The molecule has 3 atom stereocenters. The highest BCUT2D eigenvalue weighted by atomic mass is 32.1. The quantitative estimate of drug-likeness (QED) is 0.789. The number of halogens is 2. The SMILES string of the molecule is O=C(c1csc(NC[C@H]2C[C@H]2CO)n1)N1CCCC1c1cccc(F)c1F. The highest BCUT2D eigenvalue weighted by molar-refractivity contribution is 7.13. The third-order valence-electron chi connectivity index (χ3n) is 5.40. The van der Waals surface area contributed by atoms with Crippen molar-refractivity contribution >= 4 is 22.4 Å². The molecule has 5 nitrogen and oxygen atoms in total. The molecule has 1 amide bonds. The first-order valence-corrected chi connectivity index (χ1v) is 10.0. The number of nitrogens with zero attached hydrogens (tertiary/aromatic N) is 2. The fourth-order valence-corrected chi connectivity index (χ4v) is 4.41. The Kier molecular flexibility index (Phi) is 5.10. The van der Waals surface area contributed by atoms with E-state index in [9.17, 15) is 13.6 Å². The second-order valence-electron chi connectivity index (χ2n) is 7.16. The van der Waals surface area contributed by atoms with Crippen molar-refractivity contribution in [3.05, 3.63) is 46.5 Å². The molecule has 144 valence electrons. The summed E-state index contributed by atoms with van der Waals surface area (Å²) in [5.74, 6) is -1.22. The number of aliphatic hydroxyl groups is 1. The molecule has 27 heavy (non-hydrogen) atoms. The summed E-state index contributed by atoms with van der Waals surface area (Å²) in [6.45, 7) is 1.44. The van der Waals surface area contributed by atoms with Gasteiger partial charge in [0.25, 0.3) is 5.91 Å². The van der Waals surface area contributed by atoms with Crippen molar-refractivity contribution < 1.29 is 18.7 Å². The van der Waals surface area contributed by atoms with E-state index >= 15 is 0 Å². The van der Waals surface area contributed by atoms with Gasteiger partial charge in [-0.25, -0.2) is 13.8 Å². The number of nitrogens with one attached hydrogen (secondary N) is 1. The number of carbonyl (C=O) groups is 1. The zero-order chi connectivity index (χ0) is 19.0. The first kappa shape index (κ1) is 18.3. The number of benzene rings is 1. The summed E-state index contributed by atoms with van der Waals surface area (Å²) in [6, 6.07) is 3.62. The average Bonchev–Trinajstić information content (AvgIpc) is 3.06. The number of hydrogen-bond acceptors (Lipinski definition) is 5. The van der Waals surface area contributed by atoms with Gasteiger partial charge in [0.15, 0.2) is 16.8 Å². The molecular weight excluding hydrogens is 372 g/mol. The molecule has 1 unspecified atom stereocenters. The predicted octanol–water partition coefficient (Wildman–Crippen LogP) is 3.44. The van der Waals surface area contributed by atoms with Gasteiger partial charge in [0.05, 0.1) is 6.04 Å². The number of hydrogen-bond donors (Lipinski definition) is 2. The molecule has 2 aromatic rings. The number of likely N-dealkylation sites (tertiary alicyclic amines) is 1. The molecule has 1 aliphatic carbocycles. The molecule has 2 fully saturated rings. The van der Waals surface area contributed by atoms with Crippen LogP contribution in [0.3, 0.4) is 0 Å². The Morgan fingerprint density at radius 2 is 2.22 bits per heavy atom. The summed E-state index contributed by atoms with van der Waals surface area (Å²) in [5.41, 5.74) is 0.541. The molecule has 0 radical (unpaired) electrons. The van der Waals surface area contributed by atoms with Gasteiger partial charge < -0.3 is 15.3 Å². The largest absolute Gasteiger partial charge is 0.396 e. The maximum absolute atomic E-state index is 14.2. The Balaban J connectivity index is 1.45. The Morgan fingerprint density at radius 1 is 1.37 bits per heavy atom. The van der Waals surface area contributed by atoms with Gasteiger partial charge in [-0.1, -0.05) is 12.1 Å². The van der Waals surface area contributed by atoms with Crippen LogP contribution in [-0.2, 0) is 0 Å². The number of amides is 1. The second kappa shape index (κ2) is 7.52. The van der Waals surface area contributed by atoms with Crippen molar-refractivity contribution in [2.45, 2.75) is 25.3 Å². The lowest BCUT2D eigenvalue weighted by Gasteiger charge is -2.24. The van der Waals surface area contributed by atoms with E-state index in [4.69, 9.17) is 5.11 Å². The van der Waals surface area contributed by atoms with Crippen molar-refractivity contribution in [3.63, 3.8) is 0 Å². The lowest BCUT2D eigenvalue weighted by atomic mass is 10.0. The van der Waals surface area contributed by atoms with E-state index < -0.39 is 17.7 Å². The number of carbonyl (C=O) groups excluding carboxylic acids is 1. The van der Waals surface area contributed by atoms with Gasteiger partial charge in [0.2, 0.25) is 0 Å². The van der Waals surface area contributed by atoms with Crippen LogP contribution in [0.5, 0.6) is 0 Å². The molecule has 2 N–H and O–H groups in total. The van der Waals surface area contributed by atoms with E-state index in [0.717, 1.165) is 25.5 Å². The second-order valence-corrected chi connectivity index (χ2v) is 8.01. The highest BCUT2D eigenvalue weighted by Crippen LogP contribution is 2.38. The van der Waals surface area contributed by atoms with Crippen LogP contribution in [0.2, 0.25) is 0 Å². The van der Waals surface area contributed by atoms with Crippen LogP contribution in [0.15, 0.2) is 23.6 Å². The van der Waals surface area contributed by atoms with E-state index in [-0.39, 0.29) is 18.1 Å². The molecule has 1 aromatic heterocycles. The molecule has 8 heteroatoms. The number of aliphatic hydroxyl groups excluding tert-OH is 1. The molecule has 2 aliphatic rings. The van der Waals surface area contributed by atoms with Crippen LogP contribution in [0.4, 0.5) is 13.9 Å². The first-order valence-electron chi connectivity index (χ1n) is 9.13. The van der Waals surface area contributed by atoms with E-state index in [2.05, 4.69) is 10.3 Å². The van der Waals surface area contributed by atoms with E-state index in [1.165, 1.54) is 23.5 Å². The third-order valence-corrected chi connectivity index (χ3v) is 6.20. The molecular formula is C19H21F2N3O2S. The topological polar surface area (TPSA) is 65.5 Å². The van der Waals surface area contributed by atoms with E-state index in [1.807, 2.05) is 0 Å². The zero-order valence-electron chi connectivity index (χ0n) is 14.7. The monoisotopic (exact) mass is 393 g/mol. The fraction of sp³-hybridized carbons (Fsp3) is 0.474. The van der Waals surface area contributed by atoms with Crippen LogP contribution < -0.4 is 5.32 Å². The minimum Gasteiger partial charge on any atom is -0.396 e. The van der Waals surface area contributed by atoms with Crippen molar-refractivity contribution in [1.29, 1.82) is 0 Å². The van der Waals surface area contributed by atoms with Gasteiger partial charge in [0, 0.05) is 30.6 Å². The minimum atomic E-state index is -0.895. The molecule has 2 heterocycles. The summed E-state index contributed by atoms with van der Waals surface area (Å²) in [6.07, 6.45) is 2.35. The Labute approximate surface area is 160 Å². The summed E-state index contributed by atoms with van der Waals surface area (Å²) >= 11 is 1.35. The third kappa shape index (κ3) is 3.68. The number of thiazole rings is 1. The van der Waals surface area contributed by atoms with Crippen molar-refractivity contribution in [1.82, 2.24) is 9.88 Å². The number of aromatic nitrogens is 1. The summed E-state index contributed by atoms with van der Waals surface area (Å²) in [5, 5.41) is 14.7. The molecule has 1 aromatic carbocycles.